The molecule has 22 heavy (non-hydrogen) atoms. The number of aliphatic hydroxyl groups excluding tert-OH is 1. The molecule has 120 valence electrons. The average molecular weight is 306 g/mol. The predicted octanol–water partition coefficient (Wildman–Crippen LogP) is 0.308. The molecular formula is C15H22N4O3. The quantitative estimate of drug-likeness (QED) is 0.740. The minimum atomic E-state index is -0.440. The second-order valence-electron chi connectivity index (χ2n) is 5.66. The van der Waals surface area contributed by atoms with Crippen LogP contribution in [0.25, 0.3) is 11.0 Å². The van der Waals surface area contributed by atoms with E-state index in [0.29, 0.717) is 24.0 Å². The van der Waals surface area contributed by atoms with Crippen LogP contribution in [0.3, 0.4) is 0 Å². The second kappa shape index (κ2) is 6.31. The molecule has 1 amide bonds. The van der Waals surface area contributed by atoms with Gasteiger partial charge in [-0.25, -0.2) is 4.98 Å². The topological polar surface area (TPSA) is 100 Å². The SMILES string of the molecule is Cc1nc2c(c(C)c1CC(=O)NCCC(C)O)c(=O)[nH]n2C. The Morgan fingerprint density at radius 1 is 1.45 bits per heavy atom. The Morgan fingerprint density at radius 2 is 2.14 bits per heavy atom. The molecule has 1 unspecified atom stereocenters. The molecule has 0 aliphatic rings. The van der Waals surface area contributed by atoms with Crippen LogP contribution in [-0.4, -0.2) is 38.4 Å². The fourth-order valence-corrected chi connectivity index (χ4v) is 2.55. The van der Waals surface area contributed by atoms with Gasteiger partial charge in [-0.2, -0.15) is 0 Å². The van der Waals surface area contributed by atoms with Gasteiger partial charge in [-0.1, -0.05) is 0 Å². The molecule has 2 rings (SSSR count). The van der Waals surface area contributed by atoms with Crippen molar-refractivity contribution in [3.63, 3.8) is 0 Å². The first kappa shape index (κ1) is 16.2. The van der Waals surface area contributed by atoms with Crippen molar-refractivity contribution in [2.24, 2.45) is 7.05 Å². The molecule has 2 heterocycles. The van der Waals surface area contributed by atoms with Gasteiger partial charge in [-0.05, 0) is 38.3 Å². The summed E-state index contributed by atoms with van der Waals surface area (Å²) in [7, 11) is 1.73. The highest BCUT2D eigenvalue weighted by Crippen LogP contribution is 2.20. The number of fused-ring (bicyclic) bond motifs is 1. The maximum atomic E-state index is 12.0. The number of aromatic nitrogens is 3. The third-order valence-electron chi connectivity index (χ3n) is 3.80. The molecule has 0 bridgehead atoms. The van der Waals surface area contributed by atoms with Crippen molar-refractivity contribution in [1.82, 2.24) is 20.1 Å². The fourth-order valence-electron chi connectivity index (χ4n) is 2.55. The number of carbonyl (C=O) groups excluding carboxylic acids is 1. The third-order valence-corrected chi connectivity index (χ3v) is 3.80. The lowest BCUT2D eigenvalue weighted by atomic mass is 10.0. The molecule has 1 atom stereocenters. The number of H-pyrrole nitrogens is 1. The van der Waals surface area contributed by atoms with Crippen LogP contribution in [0.1, 0.15) is 30.2 Å². The number of rotatable bonds is 5. The van der Waals surface area contributed by atoms with Gasteiger partial charge in [0.05, 0.1) is 17.9 Å². The van der Waals surface area contributed by atoms with Crippen molar-refractivity contribution in [2.45, 2.75) is 39.7 Å². The minimum absolute atomic E-state index is 0.139. The van der Waals surface area contributed by atoms with Crippen LogP contribution in [-0.2, 0) is 18.3 Å². The summed E-state index contributed by atoms with van der Waals surface area (Å²) in [6, 6.07) is 0. The van der Waals surface area contributed by atoms with E-state index in [-0.39, 0.29) is 17.9 Å². The molecule has 0 fully saturated rings. The highest BCUT2D eigenvalue weighted by atomic mass is 16.3. The summed E-state index contributed by atoms with van der Waals surface area (Å²) in [5.41, 5.74) is 2.70. The largest absolute Gasteiger partial charge is 0.393 e. The maximum absolute atomic E-state index is 12.0. The zero-order valence-corrected chi connectivity index (χ0v) is 13.4. The summed E-state index contributed by atoms with van der Waals surface area (Å²) in [6.45, 7) is 5.78. The monoisotopic (exact) mass is 306 g/mol. The molecule has 0 spiro atoms. The van der Waals surface area contributed by atoms with Gasteiger partial charge in [0.1, 0.15) is 0 Å². The Morgan fingerprint density at radius 3 is 2.77 bits per heavy atom. The smallest absolute Gasteiger partial charge is 0.273 e. The van der Waals surface area contributed by atoms with Crippen LogP contribution in [0, 0.1) is 13.8 Å². The van der Waals surface area contributed by atoms with Crippen molar-refractivity contribution < 1.29 is 9.90 Å². The Bertz CT molecular complexity index is 758. The fraction of sp³-hybridized carbons (Fsp3) is 0.533. The Hall–Kier alpha value is -2.15. The molecule has 2 aromatic heterocycles. The van der Waals surface area contributed by atoms with Gasteiger partial charge in [0.15, 0.2) is 5.65 Å². The van der Waals surface area contributed by atoms with Crippen LogP contribution in [0.5, 0.6) is 0 Å². The van der Waals surface area contributed by atoms with E-state index in [9.17, 15) is 14.7 Å². The molecule has 0 aliphatic carbocycles. The van der Waals surface area contributed by atoms with Crippen molar-refractivity contribution >= 4 is 16.9 Å². The van der Waals surface area contributed by atoms with Crippen molar-refractivity contribution in [2.75, 3.05) is 6.54 Å². The average Bonchev–Trinajstić information content (AvgIpc) is 2.69. The predicted molar refractivity (Wildman–Crippen MR) is 83.8 cm³/mol. The Kier molecular flexibility index (Phi) is 4.65. The Labute approximate surface area is 128 Å². The van der Waals surface area contributed by atoms with Crippen LogP contribution in [0.2, 0.25) is 0 Å². The highest BCUT2D eigenvalue weighted by Gasteiger charge is 2.17. The zero-order chi connectivity index (χ0) is 16.4. The summed E-state index contributed by atoms with van der Waals surface area (Å²) in [6.07, 6.45) is 0.248. The number of pyridine rings is 1. The number of aryl methyl sites for hydroxylation is 3. The van der Waals surface area contributed by atoms with E-state index in [2.05, 4.69) is 15.4 Å². The molecule has 7 nitrogen and oxygen atoms in total. The lowest BCUT2D eigenvalue weighted by Crippen LogP contribution is -2.28. The molecule has 2 aromatic rings. The zero-order valence-electron chi connectivity index (χ0n) is 13.4. The number of hydrogen-bond donors (Lipinski definition) is 3. The molecule has 0 saturated carbocycles. The van der Waals surface area contributed by atoms with Gasteiger partial charge >= 0.3 is 0 Å². The normalized spacial score (nSPS) is 12.6. The lowest BCUT2D eigenvalue weighted by molar-refractivity contribution is -0.120. The van der Waals surface area contributed by atoms with Gasteiger partial charge in [0.25, 0.3) is 5.56 Å². The van der Waals surface area contributed by atoms with E-state index in [1.165, 1.54) is 0 Å². The number of aliphatic hydroxyl groups is 1. The molecule has 0 radical (unpaired) electrons. The van der Waals surface area contributed by atoms with E-state index in [1.807, 2.05) is 13.8 Å². The number of carbonyl (C=O) groups is 1. The number of nitrogens with zero attached hydrogens (tertiary/aromatic N) is 2. The molecule has 0 aliphatic heterocycles. The summed E-state index contributed by atoms with van der Waals surface area (Å²) >= 11 is 0. The lowest BCUT2D eigenvalue weighted by Gasteiger charge is -2.11. The third kappa shape index (κ3) is 3.19. The van der Waals surface area contributed by atoms with E-state index >= 15 is 0 Å². The van der Waals surface area contributed by atoms with Gasteiger partial charge in [-0.3, -0.25) is 19.4 Å². The summed E-state index contributed by atoms with van der Waals surface area (Å²) < 4.78 is 1.59. The van der Waals surface area contributed by atoms with Crippen molar-refractivity contribution in [3.05, 3.63) is 27.2 Å². The molecule has 3 N–H and O–H groups in total. The molecule has 0 saturated heterocycles. The summed E-state index contributed by atoms with van der Waals surface area (Å²) in [5.74, 6) is -0.139. The van der Waals surface area contributed by atoms with Crippen molar-refractivity contribution in [3.8, 4) is 0 Å². The van der Waals surface area contributed by atoms with E-state index in [1.54, 1.807) is 18.7 Å². The maximum Gasteiger partial charge on any atom is 0.273 e. The number of hydrogen-bond acceptors (Lipinski definition) is 4. The molecular weight excluding hydrogens is 284 g/mol. The minimum Gasteiger partial charge on any atom is -0.393 e. The van der Waals surface area contributed by atoms with E-state index in [0.717, 1.165) is 16.8 Å². The van der Waals surface area contributed by atoms with Crippen LogP contribution >= 0.6 is 0 Å². The van der Waals surface area contributed by atoms with Gasteiger partial charge in [0.2, 0.25) is 5.91 Å². The first-order valence-corrected chi connectivity index (χ1v) is 7.30. The van der Waals surface area contributed by atoms with Gasteiger partial charge in [0, 0.05) is 19.3 Å². The first-order valence-electron chi connectivity index (χ1n) is 7.30. The number of nitrogens with one attached hydrogen (secondary N) is 2. The van der Waals surface area contributed by atoms with Crippen LogP contribution in [0.15, 0.2) is 4.79 Å². The first-order chi connectivity index (χ1) is 10.3. The van der Waals surface area contributed by atoms with Crippen LogP contribution in [0.4, 0.5) is 0 Å². The van der Waals surface area contributed by atoms with Gasteiger partial charge < -0.3 is 10.4 Å². The standard InChI is InChI=1S/C15H22N4O3/c1-8(20)5-6-16-12(21)7-11-9(2)13-14(17-10(11)3)19(4)18-15(13)22/h8,20H,5-7H2,1-4H3,(H,16,21)(H,18,22). The molecule has 0 aromatic carbocycles. The van der Waals surface area contributed by atoms with Gasteiger partial charge in [-0.15, -0.1) is 0 Å². The van der Waals surface area contributed by atoms with Crippen molar-refractivity contribution in [1.29, 1.82) is 0 Å². The van der Waals surface area contributed by atoms with E-state index in [4.69, 9.17) is 0 Å². The Balaban J connectivity index is 2.26. The van der Waals surface area contributed by atoms with Crippen LogP contribution < -0.4 is 10.9 Å². The second-order valence-corrected chi connectivity index (χ2v) is 5.66. The summed E-state index contributed by atoms with van der Waals surface area (Å²) in [4.78, 5) is 28.4. The highest BCUT2D eigenvalue weighted by molar-refractivity contribution is 5.84. The number of aromatic amines is 1. The summed E-state index contributed by atoms with van der Waals surface area (Å²) in [5, 5.41) is 15.2. The molecule has 7 heteroatoms. The van der Waals surface area contributed by atoms with E-state index < -0.39 is 6.10 Å². The number of amides is 1.